The minimum Gasteiger partial charge on any atom is -0.459 e. The molecule has 0 saturated carbocycles. The molecular formula is C50H42Cl3NO16. The van der Waals surface area contributed by atoms with Gasteiger partial charge in [0.15, 0.2) is 30.7 Å². The van der Waals surface area contributed by atoms with Crippen molar-refractivity contribution < 1.29 is 76.1 Å². The fourth-order valence-corrected chi connectivity index (χ4v) is 7.31. The number of hydrogen-bond donors (Lipinski definition) is 1. The van der Waals surface area contributed by atoms with E-state index in [1.807, 2.05) is 0 Å². The maximum atomic E-state index is 14.1. The predicted molar refractivity (Wildman–Crippen MR) is 247 cm³/mol. The quantitative estimate of drug-likeness (QED) is 0.0353. The lowest BCUT2D eigenvalue weighted by Gasteiger charge is -2.47. The molecule has 17 nitrogen and oxygen atoms in total. The summed E-state index contributed by atoms with van der Waals surface area (Å²) >= 11 is 17.8. The zero-order chi connectivity index (χ0) is 49.8. The fraction of sp³-hybridized carbons (Fsp3) is 0.260. The third kappa shape index (κ3) is 13.3. The van der Waals surface area contributed by atoms with Crippen molar-refractivity contribution in [2.45, 2.75) is 66.0 Å². The van der Waals surface area contributed by atoms with Gasteiger partial charge in [-0.1, -0.05) is 126 Å². The van der Waals surface area contributed by atoms with E-state index in [2.05, 4.69) is 0 Å². The minimum absolute atomic E-state index is 0.0224. The van der Waals surface area contributed by atoms with Crippen LogP contribution in [0.1, 0.15) is 58.7 Å². The Hall–Kier alpha value is -6.86. The highest BCUT2D eigenvalue weighted by atomic mass is 35.6. The number of alkyl halides is 3. The molecule has 2 saturated heterocycles. The van der Waals surface area contributed by atoms with Gasteiger partial charge in [0.25, 0.3) is 3.79 Å². The summed E-state index contributed by atoms with van der Waals surface area (Å²) in [6.45, 7) is -0.270. The second-order valence-electron chi connectivity index (χ2n) is 15.3. The van der Waals surface area contributed by atoms with E-state index >= 15 is 0 Å². The van der Waals surface area contributed by atoms with Crippen LogP contribution in [0.4, 0.5) is 0 Å². The van der Waals surface area contributed by atoms with Gasteiger partial charge in [-0.2, -0.15) is 0 Å². The van der Waals surface area contributed by atoms with E-state index in [0.29, 0.717) is 0 Å². The summed E-state index contributed by atoms with van der Waals surface area (Å²) in [6.07, 6.45) is -15.8. The summed E-state index contributed by atoms with van der Waals surface area (Å²) in [5.41, 5.74) is 0.299. The van der Waals surface area contributed by atoms with E-state index in [9.17, 15) is 28.8 Å². The van der Waals surface area contributed by atoms with E-state index in [-0.39, 0.29) is 27.8 Å². The van der Waals surface area contributed by atoms with Gasteiger partial charge in [-0.3, -0.25) is 10.2 Å². The van der Waals surface area contributed by atoms with Crippen molar-refractivity contribution in [1.29, 1.82) is 5.41 Å². The van der Waals surface area contributed by atoms with E-state index in [4.69, 9.17) is 87.6 Å². The average molecular weight is 1020 g/mol. The SMILES string of the molecule is CC(=O)O[C@@H]1C(OC(=O)c2ccccc2)C(OC(=N)C(Cl)(Cl)Cl)OC[C@@H]1O[C@@H]1OC(COC(=O)c2ccccc2)[C@H](OC(=O)c2ccccc2)[C@H](OC(=O)c2ccccc2)C1OC(=O)c1ccccc1. The van der Waals surface area contributed by atoms with E-state index < -0.39 is 114 Å². The van der Waals surface area contributed by atoms with Crippen molar-refractivity contribution in [3.63, 3.8) is 0 Å². The summed E-state index contributed by atoms with van der Waals surface area (Å²) in [4.78, 5) is 82.3. The summed E-state index contributed by atoms with van der Waals surface area (Å²) < 4.78 is 57.8. The highest BCUT2D eigenvalue weighted by Gasteiger charge is 2.57. The van der Waals surface area contributed by atoms with Gasteiger partial charge in [-0.15, -0.1) is 0 Å². The molecule has 0 spiro atoms. The second-order valence-corrected chi connectivity index (χ2v) is 17.6. The van der Waals surface area contributed by atoms with Crippen LogP contribution >= 0.6 is 34.8 Å². The number of ether oxygens (including phenoxy) is 10. The van der Waals surface area contributed by atoms with Gasteiger partial charge in [0.1, 0.15) is 18.8 Å². The molecule has 0 aliphatic carbocycles. The maximum Gasteiger partial charge on any atom is 0.338 e. The Kier molecular flexibility index (Phi) is 17.2. The molecule has 0 amide bonds. The molecule has 2 aliphatic heterocycles. The number of carbonyl (C=O) groups excluding carboxylic acids is 6. The lowest BCUT2D eigenvalue weighted by atomic mass is 9.97. The smallest absolute Gasteiger partial charge is 0.338 e. The number of rotatable bonds is 15. The van der Waals surface area contributed by atoms with Crippen LogP contribution in [0.2, 0.25) is 0 Å². The maximum absolute atomic E-state index is 14.1. The first-order valence-corrected chi connectivity index (χ1v) is 22.5. The molecular weight excluding hydrogens is 977 g/mol. The number of halogens is 3. The van der Waals surface area contributed by atoms with Crippen molar-refractivity contribution in [2.24, 2.45) is 0 Å². The predicted octanol–water partition coefficient (Wildman–Crippen LogP) is 7.51. The zero-order valence-electron chi connectivity index (χ0n) is 36.7. The Balaban J connectivity index is 1.33. The average Bonchev–Trinajstić information content (AvgIpc) is 3.37. The molecule has 7 rings (SSSR count). The molecule has 2 fully saturated rings. The number of carbonyl (C=O) groups is 6. The molecule has 364 valence electrons. The van der Waals surface area contributed by atoms with Crippen LogP contribution in [0.15, 0.2) is 152 Å². The normalized spacial score (nSPS) is 23.1. The first kappa shape index (κ1) is 51.0. The molecule has 5 aromatic rings. The number of esters is 6. The summed E-state index contributed by atoms with van der Waals surface area (Å²) in [6, 6.07) is 38.7. The number of hydrogen-bond acceptors (Lipinski definition) is 17. The highest BCUT2D eigenvalue weighted by molar-refractivity contribution is 6.76. The van der Waals surface area contributed by atoms with Gasteiger partial charge in [0.2, 0.25) is 18.3 Å². The van der Waals surface area contributed by atoms with Crippen molar-refractivity contribution in [3.05, 3.63) is 179 Å². The topological polar surface area (TPSA) is 219 Å². The number of benzene rings is 5. The summed E-state index contributed by atoms with van der Waals surface area (Å²) in [5.74, 6) is -6.59. The fourth-order valence-electron chi connectivity index (χ4n) is 7.18. The van der Waals surface area contributed by atoms with Crippen molar-refractivity contribution >= 4 is 76.5 Å². The molecule has 20 heteroatoms. The van der Waals surface area contributed by atoms with E-state index in [0.717, 1.165) is 6.92 Å². The first-order valence-electron chi connectivity index (χ1n) is 21.3. The first-order chi connectivity index (χ1) is 33.7. The van der Waals surface area contributed by atoms with Crippen LogP contribution in [0.3, 0.4) is 0 Å². The minimum atomic E-state index is -2.43. The Bertz CT molecular complexity index is 2610. The van der Waals surface area contributed by atoms with Crippen LogP contribution in [-0.2, 0) is 52.2 Å². The standard InChI is InChI=1S/C50H42Cl3NO16/c1-29(55)63-38-36(28-62-47(70-49(54)50(51,52)53)40(38)68-45(59)33-23-13-5-14-24-33)65-48-41(69-46(60)34-25-15-6-16-26-34)39(67-44(58)32-21-11-4-12-22-32)37(66-43(57)31-19-9-3-10-20-31)35(64-48)27-61-42(56)30-17-7-2-8-18-30/h2-26,35-41,47-48,54H,27-28H2,1H3/t35?,36-,37-,38-,39-,40?,41?,47?,48-/m0/s1. The molecule has 4 unspecified atom stereocenters. The molecule has 0 bridgehead atoms. The molecule has 2 heterocycles. The van der Waals surface area contributed by atoms with Crippen LogP contribution < -0.4 is 0 Å². The van der Waals surface area contributed by atoms with Gasteiger partial charge < -0.3 is 47.4 Å². The van der Waals surface area contributed by atoms with Crippen LogP contribution in [0.5, 0.6) is 0 Å². The van der Waals surface area contributed by atoms with E-state index in [1.54, 1.807) is 91.0 Å². The van der Waals surface area contributed by atoms with Crippen LogP contribution in [-0.4, -0.2) is 114 Å². The Morgan fingerprint density at radius 1 is 0.500 bits per heavy atom. The lowest BCUT2D eigenvalue weighted by Crippen LogP contribution is -2.65. The van der Waals surface area contributed by atoms with Crippen molar-refractivity contribution in [1.82, 2.24) is 0 Å². The molecule has 70 heavy (non-hydrogen) atoms. The van der Waals surface area contributed by atoms with E-state index in [1.165, 1.54) is 60.7 Å². The van der Waals surface area contributed by atoms with Gasteiger partial charge in [-0.25, -0.2) is 24.0 Å². The van der Waals surface area contributed by atoms with Crippen LogP contribution in [0, 0.1) is 5.41 Å². The lowest BCUT2D eigenvalue weighted by molar-refractivity contribution is -0.337. The Morgan fingerprint density at radius 2 is 0.871 bits per heavy atom. The van der Waals surface area contributed by atoms with Gasteiger partial charge >= 0.3 is 35.8 Å². The van der Waals surface area contributed by atoms with Crippen LogP contribution in [0.25, 0.3) is 0 Å². The third-order valence-electron chi connectivity index (χ3n) is 10.5. The number of nitrogens with one attached hydrogen (secondary N) is 1. The van der Waals surface area contributed by atoms with Crippen molar-refractivity contribution in [2.75, 3.05) is 13.2 Å². The zero-order valence-corrected chi connectivity index (χ0v) is 39.0. The summed E-state index contributed by atoms with van der Waals surface area (Å²) in [5, 5.41) is 8.29. The molecule has 2 aliphatic rings. The van der Waals surface area contributed by atoms with Gasteiger partial charge in [-0.05, 0) is 60.7 Å². The Morgan fingerprint density at radius 3 is 1.27 bits per heavy atom. The molecule has 0 radical (unpaired) electrons. The largest absolute Gasteiger partial charge is 0.459 e. The third-order valence-corrected chi connectivity index (χ3v) is 11.0. The molecule has 5 aromatic carbocycles. The van der Waals surface area contributed by atoms with Gasteiger partial charge in [0, 0.05) is 6.92 Å². The Labute approximate surface area is 415 Å². The molecule has 1 N–H and O–H groups in total. The van der Waals surface area contributed by atoms with Crippen molar-refractivity contribution in [3.8, 4) is 0 Å². The monoisotopic (exact) mass is 1020 g/mol. The highest BCUT2D eigenvalue weighted by Crippen LogP contribution is 2.36. The van der Waals surface area contributed by atoms with Gasteiger partial charge in [0.05, 0.1) is 34.4 Å². The molecule has 9 atom stereocenters. The second kappa shape index (κ2) is 23.6. The summed E-state index contributed by atoms with van der Waals surface area (Å²) in [7, 11) is 0. The molecule has 0 aromatic heterocycles.